The molecule has 1 saturated heterocycles. The SMILES string of the molecule is Cc1ccc(NS(=O)(=O)c2cc(C(=O)N3CCN(c4ccccc4F)CC3)ccc2C)c(C)c1. The monoisotopic (exact) mass is 481 g/mol. The van der Waals surface area contributed by atoms with Crippen molar-refractivity contribution >= 4 is 27.3 Å². The molecule has 1 aliphatic rings. The maximum Gasteiger partial charge on any atom is 0.262 e. The lowest BCUT2D eigenvalue weighted by Gasteiger charge is -2.36. The highest BCUT2D eigenvalue weighted by Gasteiger charge is 2.26. The third-order valence-electron chi connectivity index (χ3n) is 6.11. The number of rotatable bonds is 5. The number of hydrogen-bond acceptors (Lipinski definition) is 4. The minimum Gasteiger partial charge on any atom is -0.366 e. The summed E-state index contributed by atoms with van der Waals surface area (Å²) in [5, 5.41) is 0. The van der Waals surface area contributed by atoms with Gasteiger partial charge in [0.2, 0.25) is 0 Å². The summed E-state index contributed by atoms with van der Waals surface area (Å²) in [4.78, 5) is 16.8. The number of piperazine rings is 1. The van der Waals surface area contributed by atoms with Crippen LogP contribution in [0.15, 0.2) is 65.6 Å². The summed E-state index contributed by atoms with van der Waals surface area (Å²) >= 11 is 0. The van der Waals surface area contributed by atoms with Gasteiger partial charge in [-0.15, -0.1) is 0 Å². The molecule has 0 spiro atoms. The first-order chi connectivity index (χ1) is 16.2. The molecular weight excluding hydrogens is 453 g/mol. The molecule has 0 bridgehead atoms. The van der Waals surface area contributed by atoms with Crippen molar-refractivity contribution in [1.82, 2.24) is 4.90 Å². The van der Waals surface area contributed by atoms with Crippen molar-refractivity contribution in [3.05, 3.63) is 88.7 Å². The molecule has 1 fully saturated rings. The van der Waals surface area contributed by atoms with Crippen LogP contribution in [0.2, 0.25) is 0 Å². The van der Waals surface area contributed by atoms with Crippen LogP contribution < -0.4 is 9.62 Å². The van der Waals surface area contributed by atoms with Gasteiger partial charge in [0.25, 0.3) is 15.9 Å². The molecule has 1 N–H and O–H groups in total. The number of carbonyl (C=O) groups excluding carboxylic acids is 1. The molecule has 4 rings (SSSR count). The molecule has 3 aromatic rings. The van der Waals surface area contributed by atoms with E-state index in [1.807, 2.05) is 30.9 Å². The highest BCUT2D eigenvalue weighted by Crippen LogP contribution is 2.25. The average Bonchev–Trinajstić information content (AvgIpc) is 2.81. The molecule has 178 valence electrons. The lowest BCUT2D eigenvalue weighted by atomic mass is 10.1. The predicted octanol–water partition coefficient (Wildman–Crippen LogP) is 4.51. The molecule has 1 heterocycles. The van der Waals surface area contributed by atoms with Gasteiger partial charge in [0.1, 0.15) is 5.82 Å². The van der Waals surface area contributed by atoms with Crippen molar-refractivity contribution in [2.75, 3.05) is 35.8 Å². The van der Waals surface area contributed by atoms with Crippen LogP contribution in [0.4, 0.5) is 15.8 Å². The summed E-state index contributed by atoms with van der Waals surface area (Å²) in [6.07, 6.45) is 0. The number of sulfonamides is 1. The van der Waals surface area contributed by atoms with E-state index < -0.39 is 10.0 Å². The lowest BCUT2D eigenvalue weighted by Crippen LogP contribution is -2.49. The van der Waals surface area contributed by atoms with Gasteiger partial charge >= 0.3 is 0 Å². The Morgan fingerprint density at radius 1 is 0.882 bits per heavy atom. The Morgan fingerprint density at radius 3 is 2.26 bits per heavy atom. The number of anilines is 2. The van der Waals surface area contributed by atoms with Crippen LogP contribution in [0, 0.1) is 26.6 Å². The molecule has 1 amide bonds. The smallest absolute Gasteiger partial charge is 0.262 e. The normalized spacial score (nSPS) is 14.2. The molecule has 0 aliphatic carbocycles. The van der Waals surface area contributed by atoms with Gasteiger partial charge in [0.05, 0.1) is 16.3 Å². The largest absolute Gasteiger partial charge is 0.366 e. The quantitative estimate of drug-likeness (QED) is 0.582. The fourth-order valence-electron chi connectivity index (χ4n) is 4.19. The van der Waals surface area contributed by atoms with E-state index in [9.17, 15) is 17.6 Å². The number of hydrogen-bond donors (Lipinski definition) is 1. The summed E-state index contributed by atoms with van der Waals surface area (Å²) in [6, 6.07) is 16.8. The van der Waals surface area contributed by atoms with Crippen LogP contribution in [0.3, 0.4) is 0 Å². The standard InChI is InChI=1S/C26H28FN3O3S/c1-18-8-11-23(20(3)16-18)28-34(32,33)25-17-21(10-9-19(25)2)26(31)30-14-12-29(13-15-30)24-7-5-4-6-22(24)27/h4-11,16-17,28H,12-15H2,1-3H3. The molecular formula is C26H28FN3O3S. The van der Waals surface area contributed by atoms with E-state index in [4.69, 9.17) is 0 Å². The third kappa shape index (κ3) is 4.92. The topological polar surface area (TPSA) is 69.7 Å². The Hall–Kier alpha value is -3.39. The first-order valence-corrected chi connectivity index (χ1v) is 12.6. The number of nitrogens with one attached hydrogen (secondary N) is 1. The van der Waals surface area contributed by atoms with Gasteiger partial charge in [-0.25, -0.2) is 12.8 Å². The maximum absolute atomic E-state index is 14.1. The number of halogens is 1. The second-order valence-electron chi connectivity index (χ2n) is 8.63. The fourth-order valence-corrected chi connectivity index (χ4v) is 5.59. The molecule has 0 unspecified atom stereocenters. The van der Waals surface area contributed by atoms with Crippen LogP contribution in [-0.4, -0.2) is 45.4 Å². The van der Waals surface area contributed by atoms with Crippen LogP contribution in [-0.2, 0) is 10.0 Å². The minimum atomic E-state index is -3.89. The Labute approximate surface area is 200 Å². The van der Waals surface area contributed by atoms with Crippen molar-refractivity contribution in [3.63, 3.8) is 0 Å². The zero-order valence-corrected chi connectivity index (χ0v) is 20.3. The van der Waals surface area contributed by atoms with Crippen LogP contribution in [0.25, 0.3) is 0 Å². The van der Waals surface area contributed by atoms with E-state index >= 15 is 0 Å². The highest BCUT2D eigenvalue weighted by atomic mass is 32.2. The third-order valence-corrected chi connectivity index (χ3v) is 7.62. The number of carbonyl (C=O) groups is 1. The van der Waals surface area contributed by atoms with Gasteiger partial charge in [-0.3, -0.25) is 9.52 Å². The van der Waals surface area contributed by atoms with E-state index in [0.29, 0.717) is 48.7 Å². The van der Waals surface area contributed by atoms with Crippen molar-refractivity contribution in [3.8, 4) is 0 Å². The van der Waals surface area contributed by atoms with Gasteiger partial charge in [-0.05, 0) is 62.2 Å². The number of benzene rings is 3. The molecule has 3 aromatic carbocycles. The van der Waals surface area contributed by atoms with Gasteiger partial charge < -0.3 is 9.80 Å². The minimum absolute atomic E-state index is 0.0725. The fraction of sp³-hybridized carbons (Fsp3) is 0.269. The van der Waals surface area contributed by atoms with E-state index in [-0.39, 0.29) is 16.6 Å². The van der Waals surface area contributed by atoms with Crippen molar-refractivity contribution in [1.29, 1.82) is 0 Å². The zero-order chi connectivity index (χ0) is 24.5. The summed E-state index contributed by atoms with van der Waals surface area (Å²) in [5.41, 5.74) is 3.76. The summed E-state index contributed by atoms with van der Waals surface area (Å²) in [6.45, 7) is 7.33. The summed E-state index contributed by atoms with van der Waals surface area (Å²) < 4.78 is 43.1. The number of amides is 1. The van der Waals surface area contributed by atoms with Gasteiger partial charge in [-0.2, -0.15) is 0 Å². The van der Waals surface area contributed by atoms with Crippen LogP contribution in [0.1, 0.15) is 27.0 Å². The summed E-state index contributed by atoms with van der Waals surface area (Å²) in [5.74, 6) is -0.525. The zero-order valence-electron chi connectivity index (χ0n) is 19.5. The van der Waals surface area contributed by atoms with Gasteiger partial charge in [0, 0.05) is 31.7 Å². The molecule has 8 heteroatoms. The van der Waals surface area contributed by atoms with Gasteiger partial charge in [-0.1, -0.05) is 35.9 Å². The molecule has 6 nitrogen and oxygen atoms in total. The predicted molar refractivity (Wildman–Crippen MR) is 132 cm³/mol. The molecule has 0 saturated carbocycles. The maximum atomic E-state index is 14.1. The van der Waals surface area contributed by atoms with Crippen molar-refractivity contribution < 1.29 is 17.6 Å². The molecule has 0 atom stereocenters. The van der Waals surface area contributed by atoms with Crippen LogP contribution in [0.5, 0.6) is 0 Å². The van der Waals surface area contributed by atoms with Crippen LogP contribution >= 0.6 is 0 Å². The van der Waals surface area contributed by atoms with E-state index in [1.165, 1.54) is 12.1 Å². The summed E-state index contributed by atoms with van der Waals surface area (Å²) in [7, 11) is -3.89. The first-order valence-electron chi connectivity index (χ1n) is 11.2. The Kier molecular flexibility index (Phi) is 6.61. The number of nitrogens with zero attached hydrogens (tertiary/aromatic N) is 2. The lowest BCUT2D eigenvalue weighted by molar-refractivity contribution is 0.0746. The molecule has 1 aliphatic heterocycles. The van der Waals surface area contributed by atoms with E-state index in [2.05, 4.69) is 4.72 Å². The first kappa shape index (κ1) is 23.8. The van der Waals surface area contributed by atoms with Gasteiger partial charge in [0.15, 0.2) is 0 Å². The molecule has 0 radical (unpaired) electrons. The highest BCUT2D eigenvalue weighted by molar-refractivity contribution is 7.92. The molecule has 0 aromatic heterocycles. The second kappa shape index (κ2) is 9.46. The molecule has 34 heavy (non-hydrogen) atoms. The Morgan fingerprint density at radius 2 is 1.59 bits per heavy atom. The number of aryl methyl sites for hydroxylation is 3. The Balaban J connectivity index is 1.51. The van der Waals surface area contributed by atoms with Crippen molar-refractivity contribution in [2.24, 2.45) is 0 Å². The number of para-hydroxylation sites is 1. The van der Waals surface area contributed by atoms with Crippen molar-refractivity contribution in [2.45, 2.75) is 25.7 Å². The average molecular weight is 482 g/mol. The second-order valence-corrected chi connectivity index (χ2v) is 10.3. The van der Waals surface area contributed by atoms with E-state index in [1.54, 1.807) is 48.2 Å². The Bertz CT molecular complexity index is 1330. The van der Waals surface area contributed by atoms with E-state index in [0.717, 1.165) is 11.1 Å².